The SMILES string of the molecule is CC1(C)c2cc3nc4n(c3cc2C(C)(C)C1(C)C)[Si](C)(C)C(C)(C)c1ccc[c-]c1-4.[Ir]. The van der Waals surface area contributed by atoms with Gasteiger partial charge in [0.25, 0.3) is 0 Å². The summed E-state index contributed by atoms with van der Waals surface area (Å²) in [7, 11) is -1.92. The van der Waals surface area contributed by atoms with Gasteiger partial charge in [-0.25, -0.2) is 0 Å². The monoisotopic (exact) mass is 608 g/mol. The van der Waals surface area contributed by atoms with Gasteiger partial charge in [-0.15, -0.1) is 35.4 Å². The summed E-state index contributed by atoms with van der Waals surface area (Å²) in [5.74, 6) is 1.12. The van der Waals surface area contributed by atoms with Crippen molar-refractivity contribution in [1.82, 2.24) is 9.22 Å². The van der Waals surface area contributed by atoms with E-state index in [1.165, 1.54) is 27.8 Å². The number of nitrogens with zero attached hydrogens (tertiary/aromatic N) is 2. The summed E-state index contributed by atoms with van der Waals surface area (Å²) in [5, 5.41) is 0.105. The Hall–Kier alpha value is -1.22. The van der Waals surface area contributed by atoms with Gasteiger partial charge in [0.15, 0.2) is 0 Å². The molecule has 0 fully saturated rings. The third-order valence-corrected chi connectivity index (χ3v) is 15.0. The van der Waals surface area contributed by atoms with Crippen molar-refractivity contribution < 1.29 is 20.1 Å². The van der Waals surface area contributed by atoms with Crippen LogP contribution in [-0.4, -0.2) is 17.5 Å². The van der Waals surface area contributed by atoms with Crippen LogP contribution in [-0.2, 0) is 36.0 Å². The average Bonchev–Trinajstić information content (AvgIpc) is 3.08. The van der Waals surface area contributed by atoms with Gasteiger partial charge in [0.05, 0.1) is 11.0 Å². The van der Waals surface area contributed by atoms with E-state index in [4.69, 9.17) is 4.98 Å². The van der Waals surface area contributed by atoms with Gasteiger partial charge in [0.1, 0.15) is 8.24 Å². The van der Waals surface area contributed by atoms with E-state index in [1.54, 1.807) is 0 Å². The van der Waals surface area contributed by atoms with E-state index in [9.17, 15) is 0 Å². The number of fused-ring (bicyclic) bond motifs is 6. The van der Waals surface area contributed by atoms with Gasteiger partial charge in [0.2, 0.25) is 0 Å². The predicted octanol–water partition coefficient (Wildman–Crippen LogP) is 6.98. The summed E-state index contributed by atoms with van der Waals surface area (Å²) in [6, 6.07) is 14.9. The van der Waals surface area contributed by atoms with Crippen molar-refractivity contribution in [2.24, 2.45) is 5.41 Å². The first-order chi connectivity index (χ1) is 13.7. The van der Waals surface area contributed by atoms with Crippen molar-refractivity contribution in [3.63, 3.8) is 0 Å². The minimum atomic E-state index is -1.92. The summed E-state index contributed by atoms with van der Waals surface area (Å²) in [5.41, 5.74) is 8.38. The molecule has 3 aromatic rings. The number of hydrogen-bond acceptors (Lipinski definition) is 1. The maximum absolute atomic E-state index is 5.26. The van der Waals surface area contributed by atoms with Crippen LogP contribution >= 0.6 is 0 Å². The smallest absolute Gasteiger partial charge is 0.148 e. The van der Waals surface area contributed by atoms with E-state index in [-0.39, 0.29) is 41.4 Å². The van der Waals surface area contributed by atoms with Crippen molar-refractivity contribution in [3.05, 3.63) is 53.1 Å². The van der Waals surface area contributed by atoms with Gasteiger partial charge in [-0.1, -0.05) is 68.5 Å². The normalized spacial score (nSPS) is 22.9. The zero-order valence-corrected chi connectivity index (χ0v) is 24.0. The molecular formula is C27H35IrN2Si-. The van der Waals surface area contributed by atoms with Crippen LogP contribution in [0.2, 0.25) is 13.1 Å². The molecule has 2 aliphatic rings. The van der Waals surface area contributed by atoms with Crippen molar-refractivity contribution >= 4 is 19.3 Å². The largest absolute Gasteiger partial charge is 0.392 e. The molecule has 31 heavy (non-hydrogen) atoms. The molecule has 0 atom stereocenters. The second-order valence-corrected chi connectivity index (χ2v) is 17.0. The Morgan fingerprint density at radius 3 is 2.06 bits per heavy atom. The molecule has 1 aliphatic carbocycles. The topological polar surface area (TPSA) is 17.8 Å². The van der Waals surface area contributed by atoms with Gasteiger partial charge < -0.3 is 4.23 Å². The Morgan fingerprint density at radius 1 is 0.871 bits per heavy atom. The second-order valence-electron chi connectivity index (χ2n) is 12.2. The van der Waals surface area contributed by atoms with Crippen LogP contribution in [0.4, 0.5) is 0 Å². The minimum absolute atomic E-state index is 0. The van der Waals surface area contributed by atoms with E-state index in [1.807, 2.05) is 6.07 Å². The molecule has 0 bridgehead atoms. The molecule has 0 saturated heterocycles. The summed E-state index contributed by atoms with van der Waals surface area (Å²) < 4.78 is 2.63. The molecule has 1 aliphatic heterocycles. The first-order valence-corrected chi connectivity index (χ1v) is 14.2. The number of imidazole rings is 1. The number of aromatic nitrogens is 2. The van der Waals surface area contributed by atoms with Crippen LogP contribution in [0, 0.1) is 11.5 Å². The third kappa shape index (κ3) is 2.40. The number of hydrogen-bond donors (Lipinski definition) is 0. The predicted molar refractivity (Wildman–Crippen MR) is 130 cm³/mol. The quantitative estimate of drug-likeness (QED) is 0.199. The fourth-order valence-corrected chi connectivity index (χ4v) is 9.00. The standard InChI is InChI=1S/C27H35N2Si.Ir/c1-24(2)19-15-21-22(16-20(19)25(3,4)27(24,7)8)29-23(28-21)17-13-11-12-14-18(17)26(5,6)30(29,9)10;/h11-12,14-16H,1-10H3;/q-1;. The van der Waals surface area contributed by atoms with E-state index in [0.717, 1.165) is 11.3 Å². The Kier molecular flexibility index (Phi) is 4.60. The van der Waals surface area contributed by atoms with E-state index in [2.05, 4.69) is 103 Å². The first-order valence-electron chi connectivity index (χ1n) is 11.3. The Balaban J connectivity index is 0.00000231. The van der Waals surface area contributed by atoms with Gasteiger partial charge in [-0.05, 0) is 44.5 Å². The van der Waals surface area contributed by atoms with Gasteiger partial charge in [0, 0.05) is 25.9 Å². The minimum Gasteiger partial charge on any atom is -0.392 e. The fraction of sp³-hybridized carbons (Fsp3) is 0.519. The third-order valence-electron chi connectivity index (χ3n) is 10.1. The van der Waals surface area contributed by atoms with Gasteiger partial charge in [-0.2, -0.15) is 0 Å². The van der Waals surface area contributed by atoms with Crippen molar-refractivity contribution in [2.45, 2.75) is 84.4 Å². The van der Waals surface area contributed by atoms with Gasteiger partial charge in [-0.3, -0.25) is 4.98 Å². The zero-order chi connectivity index (χ0) is 22.1. The Labute approximate surface area is 202 Å². The Bertz CT molecular complexity index is 1230. The zero-order valence-electron chi connectivity index (χ0n) is 20.6. The molecular weight excluding hydrogens is 573 g/mol. The van der Waals surface area contributed by atoms with Crippen LogP contribution in [0.15, 0.2) is 30.3 Å². The molecule has 0 unspecified atom stereocenters. The molecule has 0 spiro atoms. The molecule has 2 aromatic carbocycles. The molecule has 167 valence electrons. The van der Waals surface area contributed by atoms with E-state index in [0.29, 0.717) is 0 Å². The molecule has 0 amide bonds. The summed E-state index contributed by atoms with van der Waals surface area (Å²) in [6.07, 6.45) is 0. The van der Waals surface area contributed by atoms with E-state index >= 15 is 0 Å². The second kappa shape index (κ2) is 6.21. The van der Waals surface area contributed by atoms with Crippen LogP contribution < -0.4 is 0 Å². The van der Waals surface area contributed by atoms with Crippen LogP contribution in [0.1, 0.15) is 72.1 Å². The molecule has 1 radical (unpaired) electrons. The molecule has 0 saturated carbocycles. The molecule has 5 rings (SSSR count). The van der Waals surface area contributed by atoms with Crippen LogP contribution in [0.3, 0.4) is 0 Å². The molecule has 2 heterocycles. The number of benzene rings is 2. The molecule has 1 aromatic heterocycles. The molecule has 4 heteroatoms. The maximum atomic E-state index is 5.26. The fourth-order valence-electron chi connectivity index (χ4n) is 6.10. The summed E-state index contributed by atoms with van der Waals surface area (Å²) >= 11 is 0. The van der Waals surface area contributed by atoms with Crippen LogP contribution in [0.25, 0.3) is 22.4 Å². The summed E-state index contributed by atoms with van der Waals surface area (Å²) in [4.78, 5) is 5.26. The van der Waals surface area contributed by atoms with Crippen molar-refractivity contribution in [1.29, 1.82) is 0 Å². The summed E-state index contributed by atoms with van der Waals surface area (Å²) in [6.45, 7) is 24.4. The van der Waals surface area contributed by atoms with Crippen molar-refractivity contribution in [3.8, 4) is 11.4 Å². The van der Waals surface area contributed by atoms with Crippen molar-refractivity contribution in [2.75, 3.05) is 0 Å². The number of rotatable bonds is 0. The molecule has 0 N–H and O–H groups in total. The van der Waals surface area contributed by atoms with Crippen LogP contribution in [0.5, 0.6) is 0 Å². The maximum Gasteiger partial charge on any atom is 0.148 e. The van der Waals surface area contributed by atoms with E-state index < -0.39 is 8.24 Å². The Morgan fingerprint density at radius 2 is 1.45 bits per heavy atom. The molecule has 2 nitrogen and oxygen atoms in total. The average molecular weight is 608 g/mol. The van der Waals surface area contributed by atoms with Gasteiger partial charge >= 0.3 is 0 Å². The first kappa shape index (κ1) is 23.0.